The van der Waals surface area contributed by atoms with Gasteiger partial charge in [0.15, 0.2) is 6.10 Å². The zero-order valence-electron chi connectivity index (χ0n) is 9.39. The van der Waals surface area contributed by atoms with Crippen molar-refractivity contribution < 1.29 is 14.6 Å². The second-order valence-electron chi connectivity index (χ2n) is 4.05. The second-order valence-corrected chi connectivity index (χ2v) is 4.05. The van der Waals surface area contributed by atoms with Crippen molar-refractivity contribution >= 4 is 5.97 Å². The molecule has 1 atom stereocenters. The van der Waals surface area contributed by atoms with E-state index in [1.807, 2.05) is 0 Å². The number of hydrogen-bond acceptors (Lipinski definition) is 3. The lowest BCUT2D eigenvalue weighted by Crippen LogP contribution is -2.41. The van der Waals surface area contributed by atoms with E-state index in [-0.39, 0.29) is 0 Å². The maximum Gasteiger partial charge on any atom is 0.333 e. The molecule has 1 rings (SSSR count). The Morgan fingerprint density at radius 3 is 2.60 bits per heavy atom. The molecule has 0 spiro atoms. The number of ether oxygens (including phenoxy) is 1. The first-order chi connectivity index (χ1) is 6.89. The number of nitrogens with zero attached hydrogens (tertiary/aromatic N) is 2. The molecule has 1 aromatic rings. The lowest BCUT2D eigenvalue weighted by atomic mass is 9.83. The quantitative estimate of drug-likeness (QED) is 0.801. The van der Waals surface area contributed by atoms with Crippen molar-refractivity contribution in [2.24, 2.45) is 7.05 Å². The Morgan fingerprint density at radius 1 is 1.67 bits per heavy atom. The number of rotatable bonds is 4. The standard InChI is InChI=1S/C10H16N2O3/c1-10(2,8(15-4)9(13)14)7-5-6-12(3)11-7/h5-6,8H,1-4H3,(H,13,14). The van der Waals surface area contributed by atoms with Crippen LogP contribution in [0.1, 0.15) is 19.5 Å². The normalized spacial score (nSPS) is 13.9. The number of hydrogen-bond donors (Lipinski definition) is 1. The molecule has 1 unspecified atom stereocenters. The molecular formula is C10H16N2O3. The first kappa shape index (κ1) is 11.7. The molecule has 15 heavy (non-hydrogen) atoms. The summed E-state index contributed by atoms with van der Waals surface area (Å²) in [6.45, 7) is 3.61. The molecule has 0 fully saturated rings. The van der Waals surface area contributed by atoms with Crippen molar-refractivity contribution in [1.82, 2.24) is 9.78 Å². The van der Waals surface area contributed by atoms with Crippen LogP contribution in [0.3, 0.4) is 0 Å². The third kappa shape index (κ3) is 2.18. The van der Waals surface area contributed by atoms with E-state index < -0.39 is 17.5 Å². The summed E-state index contributed by atoms with van der Waals surface area (Å²) in [5.41, 5.74) is 0.0567. The second kappa shape index (κ2) is 4.02. The van der Waals surface area contributed by atoms with Crippen LogP contribution >= 0.6 is 0 Å². The van der Waals surface area contributed by atoms with E-state index in [2.05, 4.69) is 5.10 Å². The summed E-state index contributed by atoms with van der Waals surface area (Å²) in [7, 11) is 3.19. The molecule has 1 N–H and O–H groups in total. The molecule has 1 aromatic heterocycles. The van der Waals surface area contributed by atoms with Gasteiger partial charge in [-0.05, 0) is 6.07 Å². The van der Waals surface area contributed by atoms with Gasteiger partial charge in [0.2, 0.25) is 0 Å². The number of aryl methyl sites for hydroxylation is 1. The third-order valence-electron chi connectivity index (χ3n) is 2.49. The number of aliphatic carboxylic acids is 1. The van der Waals surface area contributed by atoms with Crippen molar-refractivity contribution in [3.63, 3.8) is 0 Å². The molecular weight excluding hydrogens is 196 g/mol. The van der Waals surface area contributed by atoms with Gasteiger partial charge in [-0.3, -0.25) is 4.68 Å². The minimum atomic E-state index is -0.979. The van der Waals surface area contributed by atoms with E-state index in [0.717, 1.165) is 0 Å². The Labute approximate surface area is 88.7 Å². The highest BCUT2D eigenvalue weighted by Gasteiger charge is 2.38. The molecule has 0 aliphatic carbocycles. The van der Waals surface area contributed by atoms with Crippen LogP contribution in [0, 0.1) is 0 Å². The Kier molecular flexibility index (Phi) is 3.14. The van der Waals surface area contributed by atoms with E-state index in [0.29, 0.717) is 5.69 Å². The fraction of sp³-hybridized carbons (Fsp3) is 0.600. The molecule has 0 saturated heterocycles. The number of carboxylic acids is 1. The van der Waals surface area contributed by atoms with E-state index in [4.69, 9.17) is 9.84 Å². The van der Waals surface area contributed by atoms with Crippen LogP contribution in [-0.4, -0.2) is 34.1 Å². The summed E-state index contributed by atoms with van der Waals surface area (Å²) in [6, 6.07) is 1.80. The molecule has 0 bridgehead atoms. The van der Waals surface area contributed by atoms with Crippen LogP contribution in [0.5, 0.6) is 0 Å². The van der Waals surface area contributed by atoms with E-state index in [1.54, 1.807) is 37.8 Å². The Balaban J connectivity index is 3.04. The number of methoxy groups -OCH3 is 1. The molecule has 0 aliphatic rings. The van der Waals surface area contributed by atoms with Crippen molar-refractivity contribution in [2.75, 3.05) is 7.11 Å². The summed E-state index contributed by atoms with van der Waals surface area (Å²) in [5.74, 6) is -0.979. The van der Waals surface area contributed by atoms with Gasteiger partial charge in [-0.25, -0.2) is 4.79 Å². The zero-order chi connectivity index (χ0) is 11.6. The topological polar surface area (TPSA) is 64.3 Å². The van der Waals surface area contributed by atoms with Crippen LogP contribution in [0.15, 0.2) is 12.3 Å². The lowest BCUT2D eigenvalue weighted by Gasteiger charge is -2.28. The molecule has 5 heteroatoms. The Morgan fingerprint density at radius 2 is 2.27 bits per heavy atom. The average Bonchev–Trinajstić information content (AvgIpc) is 2.52. The zero-order valence-corrected chi connectivity index (χ0v) is 9.39. The van der Waals surface area contributed by atoms with Gasteiger partial charge in [0.1, 0.15) is 0 Å². The summed E-state index contributed by atoms with van der Waals surface area (Å²) in [6.07, 6.45) is 0.887. The monoisotopic (exact) mass is 212 g/mol. The fourth-order valence-corrected chi connectivity index (χ4v) is 1.60. The van der Waals surface area contributed by atoms with Gasteiger partial charge in [0.05, 0.1) is 5.69 Å². The predicted molar refractivity (Wildman–Crippen MR) is 54.7 cm³/mol. The Hall–Kier alpha value is -1.36. The van der Waals surface area contributed by atoms with E-state index in [9.17, 15) is 4.79 Å². The van der Waals surface area contributed by atoms with Gasteiger partial charge in [-0.2, -0.15) is 5.10 Å². The molecule has 0 amide bonds. The SMILES string of the molecule is COC(C(=O)O)C(C)(C)c1ccn(C)n1. The highest BCUT2D eigenvalue weighted by atomic mass is 16.5. The van der Waals surface area contributed by atoms with Crippen molar-refractivity contribution in [1.29, 1.82) is 0 Å². The van der Waals surface area contributed by atoms with Crippen molar-refractivity contribution in [3.8, 4) is 0 Å². The van der Waals surface area contributed by atoms with Crippen molar-refractivity contribution in [3.05, 3.63) is 18.0 Å². The third-order valence-corrected chi connectivity index (χ3v) is 2.49. The summed E-state index contributed by atoms with van der Waals surface area (Å²) >= 11 is 0. The smallest absolute Gasteiger partial charge is 0.333 e. The molecule has 0 radical (unpaired) electrons. The molecule has 0 saturated carbocycles. The first-order valence-electron chi connectivity index (χ1n) is 4.65. The predicted octanol–water partition coefficient (Wildman–Crippen LogP) is 0.797. The van der Waals surface area contributed by atoms with Crippen LogP contribution in [0.2, 0.25) is 0 Å². The summed E-state index contributed by atoms with van der Waals surface area (Å²) in [4.78, 5) is 11.0. The average molecular weight is 212 g/mol. The van der Waals surface area contributed by atoms with Gasteiger partial charge in [0.25, 0.3) is 0 Å². The molecule has 1 heterocycles. The largest absolute Gasteiger partial charge is 0.479 e. The van der Waals surface area contributed by atoms with Crippen LogP contribution in [0.25, 0.3) is 0 Å². The number of carbonyl (C=O) groups is 1. The van der Waals surface area contributed by atoms with E-state index in [1.165, 1.54) is 7.11 Å². The molecule has 0 aromatic carbocycles. The molecule has 5 nitrogen and oxygen atoms in total. The van der Waals surface area contributed by atoms with Gasteiger partial charge in [-0.1, -0.05) is 13.8 Å². The van der Waals surface area contributed by atoms with Gasteiger partial charge in [-0.15, -0.1) is 0 Å². The minimum absolute atomic E-state index is 0.651. The van der Waals surface area contributed by atoms with E-state index >= 15 is 0 Å². The fourth-order valence-electron chi connectivity index (χ4n) is 1.60. The first-order valence-corrected chi connectivity index (χ1v) is 4.65. The highest BCUT2D eigenvalue weighted by molar-refractivity contribution is 5.74. The molecule has 0 aliphatic heterocycles. The molecule has 84 valence electrons. The summed E-state index contributed by atoms with van der Waals surface area (Å²) < 4.78 is 6.64. The maximum absolute atomic E-state index is 11.0. The van der Waals surface area contributed by atoms with Gasteiger partial charge >= 0.3 is 5.97 Å². The van der Waals surface area contributed by atoms with Crippen LogP contribution in [-0.2, 0) is 22.0 Å². The van der Waals surface area contributed by atoms with Crippen LogP contribution < -0.4 is 0 Å². The van der Waals surface area contributed by atoms with Crippen molar-refractivity contribution in [2.45, 2.75) is 25.4 Å². The lowest BCUT2D eigenvalue weighted by molar-refractivity contribution is -0.152. The minimum Gasteiger partial charge on any atom is -0.479 e. The van der Waals surface area contributed by atoms with Gasteiger partial charge < -0.3 is 9.84 Å². The summed E-state index contributed by atoms with van der Waals surface area (Å²) in [5, 5.41) is 13.2. The highest BCUT2D eigenvalue weighted by Crippen LogP contribution is 2.27. The number of aromatic nitrogens is 2. The number of carboxylic acid groups (broad SMARTS) is 1. The van der Waals surface area contributed by atoms with Crippen LogP contribution in [0.4, 0.5) is 0 Å². The Bertz CT molecular complexity index is 357. The van der Waals surface area contributed by atoms with Gasteiger partial charge in [0, 0.05) is 25.8 Å². The maximum atomic E-state index is 11.0.